The largest absolute Gasteiger partial charge is 0.493 e. The van der Waals surface area contributed by atoms with Crippen LogP contribution in [0.4, 0.5) is 0 Å². The molecule has 1 heterocycles. The molecule has 0 N–H and O–H groups in total. The quantitative estimate of drug-likeness (QED) is 0.669. The molecule has 3 rings (SSSR count). The predicted molar refractivity (Wildman–Crippen MR) is 66.0 cm³/mol. The summed E-state index contributed by atoms with van der Waals surface area (Å²) < 4.78 is 11.0. The second-order valence-electron chi connectivity index (χ2n) is 3.69. The second kappa shape index (κ2) is 3.94. The average molecular weight is 225 g/mol. The van der Waals surface area contributed by atoms with Gasteiger partial charge in [-0.15, -0.1) is 0 Å². The SMILES string of the molecule is COc1cccc2nc(-c3ccccc3)oc12. The van der Waals surface area contributed by atoms with Gasteiger partial charge in [0.25, 0.3) is 0 Å². The molecule has 1 aromatic heterocycles. The third-order valence-corrected chi connectivity index (χ3v) is 2.62. The lowest BCUT2D eigenvalue weighted by atomic mass is 10.2. The number of aromatic nitrogens is 1. The summed E-state index contributed by atoms with van der Waals surface area (Å²) in [5.74, 6) is 1.32. The van der Waals surface area contributed by atoms with Crippen molar-refractivity contribution in [2.75, 3.05) is 7.11 Å². The number of oxazole rings is 1. The Balaban J connectivity index is 2.20. The number of hydrogen-bond acceptors (Lipinski definition) is 3. The van der Waals surface area contributed by atoms with Crippen LogP contribution in [0.15, 0.2) is 52.9 Å². The molecule has 0 bridgehead atoms. The van der Waals surface area contributed by atoms with Gasteiger partial charge in [0.15, 0.2) is 11.3 Å². The summed E-state index contributed by atoms with van der Waals surface area (Å²) >= 11 is 0. The number of rotatable bonds is 2. The Labute approximate surface area is 98.7 Å². The Kier molecular flexibility index (Phi) is 2.29. The van der Waals surface area contributed by atoms with E-state index in [1.54, 1.807) is 7.11 Å². The van der Waals surface area contributed by atoms with Gasteiger partial charge in [-0.3, -0.25) is 0 Å². The van der Waals surface area contributed by atoms with Crippen molar-refractivity contribution in [3.05, 3.63) is 48.5 Å². The fourth-order valence-corrected chi connectivity index (χ4v) is 1.79. The first-order valence-electron chi connectivity index (χ1n) is 5.37. The molecule has 3 nitrogen and oxygen atoms in total. The van der Waals surface area contributed by atoms with Gasteiger partial charge in [0, 0.05) is 5.56 Å². The smallest absolute Gasteiger partial charge is 0.227 e. The van der Waals surface area contributed by atoms with Crippen LogP contribution in [-0.4, -0.2) is 12.1 Å². The molecule has 17 heavy (non-hydrogen) atoms. The van der Waals surface area contributed by atoms with Crippen LogP contribution in [0.1, 0.15) is 0 Å². The fourth-order valence-electron chi connectivity index (χ4n) is 1.79. The molecule has 0 aliphatic rings. The van der Waals surface area contributed by atoms with Gasteiger partial charge in [-0.1, -0.05) is 24.3 Å². The van der Waals surface area contributed by atoms with Crippen molar-refractivity contribution in [2.24, 2.45) is 0 Å². The zero-order valence-corrected chi connectivity index (χ0v) is 9.38. The van der Waals surface area contributed by atoms with Crippen LogP contribution >= 0.6 is 0 Å². The lowest BCUT2D eigenvalue weighted by molar-refractivity contribution is 0.411. The molecule has 0 amide bonds. The minimum absolute atomic E-state index is 0.616. The number of fused-ring (bicyclic) bond motifs is 1. The molecule has 0 unspecified atom stereocenters. The first kappa shape index (κ1) is 9.90. The molecular weight excluding hydrogens is 214 g/mol. The molecular formula is C14H11NO2. The van der Waals surface area contributed by atoms with Crippen molar-refractivity contribution >= 4 is 11.1 Å². The van der Waals surface area contributed by atoms with Crippen LogP contribution in [0.2, 0.25) is 0 Å². The van der Waals surface area contributed by atoms with Crippen molar-refractivity contribution in [1.82, 2.24) is 4.98 Å². The molecule has 0 aliphatic heterocycles. The normalized spacial score (nSPS) is 10.6. The molecule has 2 aromatic carbocycles. The van der Waals surface area contributed by atoms with Gasteiger partial charge in [0.1, 0.15) is 5.52 Å². The monoisotopic (exact) mass is 225 g/mol. The van der Waals surface area contributed by atoms with E-state index in [1.165, 1.54) is 0 Å². The van der Waals surface area contributed by atoms with Crippen molar-refractivity contribution in [3.8, 4) is 17.2 Å². The maximum atomic E-state index is 5.74. The summed E-state index contributed by atoms with van der Waals surface area (Å²) in [6.07, 6.45) is 0. The van der Waals surface area contributed by atoms with Crippen molar-refractivity contribution in [1.29, 1.82) is 0 Å². The van der Waals surface area contributed by atoms with E-state index < -0.39 is 0 Å². The first-order chi connectivity index (χ1) is 8.38. The van der Waals surface area contributed by atoms with E-state index in [1.807, 2.05) is 48.5 Å². The maximum absolute atomic E-state index is 5.74. The average Bonchev–Trinajstić information content (AvgIpc) is 2.83. The van der Waals surface area contributed by atoms with Crippen LogP contribution in [-0.2, 0) is 0 Å². The third-order valence-electron chi connectivity index (χ3n) is 2.62. The van der Waals surface area contributed by atoms with Crippen LogP contribution in [0, 0.1) is 0 Å². The van der Waals surface area contributed by atoms with Crippen LogP contribution < -0.4 is 4.74 Å². The lowest BCUT2D eigenvalue weighted by Gasteiger charge is -1.97. The van der Waals surface area contributed by atoms with Crippen LogP contribution in [0.5, 0.6) is 5.75 Å². The lowest BCUT2D eigenvalue weighted by Crippen LogP contribution is -1.81. The Morgan fingerprint density at radius 3 is 2.59 bits per heavy atom. The Morgan fingerprint density at radius 1 is 1.00 bits per heavy atom. The van der Waals surface area contributed by atoms with Gasteiger partial charge in [-0.2, -0.15) is 0 Å². The molecule has 0 radical (unpaired) electrons. The van der Waals surface area contributed by atoms with Gasteiger partial charge in [0.2, 0.25) is 5.89 Å². The Bertz CT molecular complexity index is 644. The van der Waals surface area contributed by atoms with E-state index in [0.717, 1.165) is 11.1 Å². The number of ether oxygens (including phenoxy) is 1. The second-order valence-corrected chi connectivity index (χ2v) is 3.69. The minimum atomic E-state index is 0.616. The number of hydrogen-bond donors (Lipinski definition) is 0. The van der Waals surface area contributed by atoms with Gasteiger partial charge in [-0.05, 0) is 24.3 Å². The molecule has 3 heteroatoms. The van der Waals surface area contributed by atoms with E-state index in [4.69, 9.17) is 9.15 Å². The van der Waals surface area contributed by atoms with Gasteiger partial charge >= 0.3 is 0 Å². The topological polar surface area (TPSA) is 35.3 Å². The number of benzene rings is 2. The molecule has 3 aromatic rings. The van der Waals surface area contributed by atoms with Crippen molar-refractivity contribution < 1.29 is 9.15 Å². The molecule has 0 fully saturated rings. The van der Waals surface area contributed by atoms with Crippen molar-refractivity contribution in [3.63, 3.8) is 0 Å². The summed E-state index contributed by atoms with van der Waals surface area (Å²) in [6, 6.07) is 15.5. The van der Waals surface area contributed by atoms with Crippen LogP contribution in [0.25, 0.3) is 22.6 Å². The number of methoxy groups -OCH3 is 1. The summed E-state index contributed by atoms with van der Waals surface area (Å²) in [6.45, 7) is 0. The van der Waals surface area contributed by atoms with E-state index in [2.05, 4.69) is 4.98 Å². The number of nitrogens with zero attached hydrogens (tertiary/aromatic N) is 1. The van der Waals surface area contributed by atoms with E-state index in [-0.39, 0.29) is 0 Å². The predicted octanol–water partition coefficient (Wildman–Crippen LogP) is 3.50. The van der Waals surface area contributed by atoms with Gasteiger partial charge in [0.05, 0.1) is 7.11 Å². The minimum Gasteiger partial charge on any atom is -0.493 e. The Morgan fingerprint density at radius 2 is 1.82 bits per heavy atom. The molecule has 0 saturated carbocycles. The van der Waals surface area contributed by atoms with E-state index in [0.29, 0.717) is 17.2 Å². The molecule has 0 aliphatic carbocycles. The highest BCUT2D eigenvalue weighted by Crippen LogP contribution is 2.30. The first-order valence-corrected chi connectivity index (χ1v) is 5.37. The highest BCUT2D eigenvalue weighted by Gasteiger charge is 2.11. The van der Waals surface area contributed by atoms with Gasteiger partial charge in [-0.25, -0.2) is 4.98 Å². The van der Waals surface area contributed by atoms with Gasteiger partial charge < -0.3 is 9.15 Å². The highest BCUT2D eigenvalue weighted by atomic mass is 16.5. The molecule has 0 spiro atoms. The zero-order chi connectivity index (χ0) is 11.7. The fraction of sp³-hybridized carbons (Fsp3) is 0.0714. The van der Waals surface area contributed by atoms with Crippen molar-refractivity contribution in [2.45, 2.75) is 0 Å². The summed E-state index contributed by atoms with van der Waals surface area (Å²) in [4.78, 5) is 4.44. The highest BCUT2D eigenvalue weighted by molar-refractivity contribution is 5.81. The number of para-hydroxylation sites is 1. The maximum Gasteiger partial charge on any atom is 0.227 e. The standard InChI is InChI=1S/C14H11NO2/c1-16-12-9-5-8-11-13(12)17-14(15-11)10-6-3-2-4-7-10/h2-9H,1H3. The summed E-state index contributed by atoms with van der Waals surface area (Å²) in [5, 5.41) is 0. The van der Waals surface area contributed by atoms with Crippen LogP contribution in [0.3, 0.4) is 0 Å². The summed E-state index contributed by atoms with van der Waals surface area (Å²) in [7, 11) is 1.62. The third kappa shape index (κ3) is 1.65. The summed E-state index contributed by atoms with van der Waals surface area (Å²) in [5.41, 5.74) is 2.46. The Hall–Kier alpha value is -2.29. The van der Waals surface area contributed by atoms with E-state index >= 15 is 0 Å². The molecule has 0 saturated heterocycles. The van der Waals surface area contributed by atoms with E-state index in [9.17, 15) is 0 Å². The molecule has 84 valence electrons. The molecule has 0 atom stereocenters. The zero-order valence-electron chi connectivity index (χ0n) is 9.38.